The summed E-state index contributed by atoms with van der Waals surface area (Å²) < 4.78 is 0. The Morgan fingerprint density at radius 2 is 2.00 bits per heavy atom. The van der Waals surface area contributed by atoms with Crippen LogP contribution < -0.4 is 0 Å². The minimum absolute atomic E-state index is 0. The molecule has 0 amide bonds. The third-order valence-corrected chi connectivity index (χ3v) is 0. The molecule has 0 radical (unpaired) electrons. The number of carbonyl (C=O) groups excluding carboxylic acids is 1. The SMILES string of the molecule is C[C-]=O.[Ba+2].[H-]. The summed E-state index contributed by atoms with van der Waals surface area (Å²) in [5.41, 5.74) is 0. The van der Waals surface area contributed by atoms with Crippen molar-refractivity contribution in [3.05, 3.63) is 0 Å². The molecule has 0 heterocycles. The van der Waals surface area contributed by atoms with E-state index in [9.17, 15) is 0 Å². The molecule has 0 aromatic rings. The Balaban J connectivity index is -0.0000000200. The third-order valence-electron chi connectivity index (χ3n) is 0. The van der Waals surface area contributed by atoms with Crippen LogP contribution >= 0.6 is 0 Å². The van der Waals surface area contributed by atoms with Crippen LogP contribution in [-0.4, -0.2) is 55.2 Å². The van der Waals surface area contributed by atoms with E-state index in [1.54, 1.807) is 0 Å². The standard InChI is InChI=1S/C2H3O.Ba.H/c1-2-3;;/h1H3;;/q-1;+2;-1. The first-order valence-electron chi connectivity index (χ1n) is 0.704. The predicted molar refractivity (Wildman–Crippen MR) is 18.2 cm³/mol. The van der Waals surface area contributed by atoms with Crippen LogP contribution in [0, 0.1) is 0 Å². The smallest absolute Gasteiger partial charge is 1.00 e. The fourth-order valence-electron chi connectivity index (χ4n) is 0. The van der Waals surface area contributed by atoms with E-state index in [0.29, 0.717) is 0 Å². The van der Waals surface area contributed by atoms with Crippen molar-refractivity contribution in [1.29, 1.82) is 0 Å². The minimum atomic E-state index is 0. The molecule has 0 aliphatic heterocycles. The van der Waals surface area contributed by atoms with Gasteiger partial charge in [0.05, 0.1) is 0 Å². The van der Waals surface area contributed by atoms with Crippen molar-refractivity contribution in [2.24, 2.45) is 0 Å². The Morgan fingerprint density at radius 1 is 2.00 bits per heavy atom. The summed E-state index contributed by atoms with van der Waals surface area (Å²) in [6.07, 6.45) is 1.50. The number of rotatable bonds is 0. The molecule has 2 heteroatoms. The quantitative estimate of drug-likeness (QED) is 0.375. The molecule has 0 aromatic heterocycles. The molecule has 0 rings (SSSR count). The second-order valence-electron chi connectivity index (χ2n) is 0.204. The Labute approximate surface area is 67.3 Å². The van der Waals surface area contributed by atoms with Gasteiger partial charge in [0, 0.05) is 0 Å². The zero-order valence-corrected chi connectivity index (χ0v) is 7.06. The van der Waals surface area contributed by atoms with Crippen molar-refractivity contribution < 1.29 is 6.22 Å². The molecule has 4 heavy (non-hydrogen) atoms. The average Bonchev–Trinajstić information content (AvgIpc) is 0.918. The van der Waals surface area contributed by atoms with Gasteiger partial charge in [-0.2, -0.15) is 6.92 Å². The molecule has 0 fully saturated rings. The number of hydrogen-bond acceptors (Lipinski definition) is 1. The maximum atomic E-state index is 8.68. The predicted octanol–water partition coefficient (Wildman–Crippen LogP) is -0.152. The van der Waals surface area contributed by atoms with Gasteiger partial charge in [-0.1, -0.05) is 0 Å². The summed E-state index contributed by atoms with van der Waals surface area (Å²) >= 11 is 0. The topological polar surface area (TPSA) is 17.1 Å². The van der Waals surface area contributed by atoms with E-state index in [2.05, 4.69) is 0 Å². The third kappa shape index (κ3) is 10.6. The van der Waals surface area contributed by atoms with Crippen molar-refractivity contribution in [2.75, 3.05) is 0 Å². The van der Waals surface area contributed by atoms with Gasteiger partial charge in [-0.05, 0) is 0 Å². The summed E-state index contributed by atoms with van der Waals surface area (Å²) in [5, 5.41) is 0. The van der Waals surface area contributed by atoms with E-state index < -0.39 is 0 Å². The van der Waals surface area contributed by atoms with Gasteiger partial charge in [-0.25, -0.2) is 0 Å². The Morgan fingerprint density at radius 3 is 2.00 bits per heavy atom. The van der Waals surface area contributed by atoms with Crippen molar-refractivity contribution >= 4 is 55.2 Å². The van der Waals surface area contributed by atoms with Crippen LogP contribution in [0.15, 0.2) is 0 Å². The fourth-order valence-corrected chi connectivity index (χ4v) is 0. The van der Waals surface area contributed by atoms with Crippen LogP contribution in [-0.2, 0) is 4.79 Å². The van der Waals surface area contributed by atoms with Gasteiger partial charge in [-0.3, -0.25) is 6.29 Å². The molecule has 0 aromatic carbocycles. The summed E-state index contributed by atoms with van der Waals surface area (Å²) in [6, 6.07) is 0. The van der Waals surface area contributed by atoms with Crippen molar-refractivity contribution in [3.63, 3.8) is 0 Å². The Bertz CT molecular complexity index is 17.1. The minimum Gasteiger partial charge on any atom is -1.00 e. The van der Waals surface area contributed by atoms with Crippen LogP contribution in [0.2, 0.25) is 0 Å². The Kier molecular flexibility index (Phi) is 19.9. The molecule has 0 saturated heterocycles. The molecule has 0 spiro atoms. The van der Waals surface area contributed by atoms with Crippen molar-refractivity contribution in [3.8, 4) is 0 Å². The second-order valence-corrected chi connectivity index (χ2v) is 0.204. The van der Waals surface area contributed by atoms with Crippen LogP contribution in [0.3, 0.4) is 0 Å². The van der Waals surface area contributed by atoms with Gasteiger partial charge in [0.2, 0.25) is 0 Å². The Hall–Kier alpha value is 1.24. The van der Waals surface area contributed by atoms with Gasteiger partial charge in [0.15, 0.2) is 0 Å². The van der Waals surface area contributed by atoms with Gasteiger partial charge in [0.25, 0.3) is 0 Å². The molecule has 0 atom stereocenters. The van der Waals surface area contributed by atoms with Gasteiger partial charge < -0.3 is 6.22 Å². The molecule has 0 bridgehead atoms. The first kappa shape index (κ1) is 8.97. The zero-order valence-electron chi connectivity index (χ0n) is 3.62. The number of hydrogen-bond donors (Lipinski definition) is 0. The van der Waals surface area contributed by atoms with E-state index >= 15 is 0 Å². The maximum absolute atomic E-state index is 8.68. The molecule has 0 aliphatic rings. The van der Waals surface area contributed by atoms with Crippen LogP contribution in [0.4, 0.5) is 0 Å². The monoisotopic (exact) mass is 182 g/mol. The summed E-state index contributed by atoms with van der Waals surface area (Å²) in [5.74, 6) is 0. The van der Waals surface area contributed by atoms with Crippen LogP contribution in [0.5, 0.6) is 0 Å². The van der Waals surface area contributed by atoms with Crippen LogP contribution in [0.25, 0.3) is 0 Å². The van der Waals surface area contributed by atoms with Crippen molar-refractivity contribution in [2.45, 2.75) is 6.92 Å². The van der Waals surface area contributed by atoms with E-state index in [0.717, 1.165) is 0 Å². The average molecular weight is 181 g/mol. The molecule has 1 nitrogen and oxygen atoms in total. The largest absolute Gasteiger partial charge is 2.00 e. The summed E-state index contributed by atoms with van der Waals surface area (Å²) in [7, 11) is 0. The van der Waals surface area contributed by atoms with Crippen molar-refractivity contribution in [1.82, 2.24) is 0 Å². The van der Waals surface area contributed by atoms with E-state index in [1.165, 1.54) is 13.2 Å². The molecular weight excluding hydrogens is 177 g/mol. The molecule has 20 valence electrons. The normalized spacial score (nSPS) is 3.25. The van der Waals surface area contributed by atoms with E-state index in [4.69, 9.17) is 4.79 Å². The van der Waals surface area contributed by atoms with E-state index in [-0.39, 0.29) is 50.3 Å². The molecule has 0 N–H and O–H groups in total. The summed E-state index contributed by atoms with van der Waals surface area (Å²) in [6.45, 7) is 1.32. The molecule has 0 saturated carbocycles. The maximum Gasteiger partial charge on any atom is 2.00 e. The summed E-state index contributed by atoms with van der Waals surface area (Å²) in [4.78, 5) is 8.68. The van der Waals surface area contributed by atoms with Gasteiger partial charge in [-0.15, -0.1) is 0 Å². The molecular formula is C2H4BaO. The molecule has 0 unspecified atom stereocenters. The molecule has 0 aliphatic carbocycles. The second kappa shape index (κ2) is 8.87. The zero-order chi connectivity index (χ0) is 2.71. The van der Waals surface area contributed by atoms with Gasteiger partial charge >= 0.3 is 48.9 Å². The van der Waals surface area contributed by atoms with Gasteiger partial charge in [0.1, 0.15) is 0 Å². The van der Waals surface area contributed by atoms with E-state index in [1.807, 2.05) is 0 Å². The van der Waals surface area contributed by atoms with Crippen LogP contribution in [0.1, 0.15) is 8.35 Å². The first-order valence-corrected chi connectivity index (χ1v) is 0.704. The fraction of sp³-hybridized carbons (Fsp3) is 0.500. The first-order chi connectivity index (χ1) is 1.41.